The fraction of sp³-hybridized carbons (Fsp3) is 0.462. The van der Waals surface area contributed by atoms with Crippen molar-refractivity contribution in [1.82, 2.24) is 5.32 Å². The molecule has 1 saturated carbocycles. The number of ether oxygens (including phenoxy) is 1. The van der Waals surface area contributed by atoms with Crippen molar-refractivity contribution >= 4 is 18.3 Å². The van der Waals surface area contributed by atoms with Crippen LogP contribution in [0.25, 0.3) is 0 Å². The van der Waals surface area contributed by atoms with Crippen molar-refractivity contribution < 1.29 is 9.53 Å². The smallest absolute Gasteiger partial charge is 0.234 e. The summed E-state index contributed by atoms with van der Waals surface area (Å²) >= 11 is 0. The summed E-state index contributed by atoms with van der Waals surface area (Å²) in [5.41, 5.74) is 6.24. The number of nitrogens with two attached hydrogens (primary N) is 1. The van der Waals surface area contributed by atoms with E-state index < -0.39 is 0 Å². The number of hydrogen-bond donors (Lipinski definition) is 2. The standard InChI is InChI=1S/C13H18N2O2.ClH/c14-8-13(16)15-9-10-4-1-2-7-12(10)17-11-5-3-6-11;/h1-2,4,7,11H,3,5-6,8-9,14H2,(H,15,16);1H. The van der Waals surface area contributed by atoms with Gasteiger partial charge >= 0.3 is 0 Å². The van der Waals surface area contributed by atoms with Crippen molar-refractivity contribution in [3.05, 3.63) is 29.8 Å². The fourth-order valence-corrected chi connectivity index (χ4v) is 1.70. The second kappa shape index (κ2) is 7.24. The molecule has 1 amide bonds. The molecule has 1 fully saturated rings. The lowest BCUT2D eigenvalue weighted by atomic mass is 9.96. The maximum absolute atomic E-state index is 11.1. The van der Waals surface area contributed by atoms with Crippen LogP contribution in [0.3, 0.4) is 0 Å². The van der Waals surface area contributed by atoms with E-state index in [1.807, 2.05) is 24.3 Å². The number of halogens is 1. The summed E-state index contributed by atoms with van der Waals surface area (Å²) in [5.74, 6) is 0.720. The number of rotatable bonds is 5. The predicted octanol–water partition coefficient (Wildman–Crippen LogP) is 1.61. The Hall–Kier alpha value is -1.26. The molecular weight excluding hydrogens is 252 g/mol. The Morgan fingerprint density at radius 2 is 2.11 bits per heavy atom. The Balaban J connectivity index is 0.00000162. The molecule has 0 saturated heterocycles. The van der Waals surface area contributed by atoms with Crippen molar-refractivity contribution in [2.45, 2.75) is 31.9 Å². The van der Waals surface area contributed by atoms with E-state index in [-0.39, 0.29) is 24.9 Å². The van der Waals surface area contributed by atoms with E-state index in [4.69, 9.17) is 10.5 Å². The quantitative estimate of drug-likeness (QED) is 0.854. The van der Waals surface area contributed by atoms with Crippen LogP contribution < -0.4 is 15.8 Å². The largest absolute Gasteiger partial charge is 0.490 e. The van der Waals surface area contributed by atoms with E-state index in [9.17, 15) is 4.79 Å². The molecule has 5 heteroatoms. The van der Waals surface area contributed by atoms with Crippen LogP contribution in [0.15, 0.2) is 24.3 Å². The molecule has 0 spiro atoms. The average Bonchev–Trinajstić information content (AvgIpc) is 2.32. The van der Waals surface area contributed by atoms with Crippen LogP contribution in [-0.2, 0) is 11.3 Å². The zero-order valence-electron chi connectivity index (χ0n) is 10.2. The van der Waals surface area contributed by atoms with Crippen LogP contribution in [0.2, 0.25) is 0 Å². The molecule has 0 aromatic heterocycles. The van der Waals surface area contributed by atoms with Crippen molar-refractivity contribution in [1.29, 1.82) is 0 Å². The van der Waals surface area contributed by atoms with E-state index in [0.29, 0.717) is 12.6 Å². The Labute approximate surface area is 113 Å². The molecule has 0 bridgehead atoms. The number of benzene rings is 1. The molecule has 100 valence electrons. The van der Waals surface area contributed by atoms with E-state index in [1.165, 1.54) is 6.42 Å². The summed E-state index contributed by atoms with van der Waals surface area (Å²) in [5, 5.41) is 2.75. The van der Waals surface area contributed by atoms with Gasteiger partial charge in [-0.2, -0.15) is 0 Å². The van der Waals surface area contributed by atoms with E-state index in [2.05, 4.69) is 5.32 Å². The molecule has 0 heterocycles. The van der Waals surface area contributed by atoms with Gasteiger partial charge in [-0.05, 0) is 25.3 Å². The second-order valence-electron chi connectivity index (χ2n) is 4.26. The molecule has 0 aliphatic heterocycles. The second-order valence-corrected chi connectivity index (χ2v) is 4.26. The minimum atomic E-state index is -0.150. The third-order valence-electron chi connectivity index (χ3n) is 2.98. The molecule has 1 aliphatic carbocycles. The highest BCUT2D eigenvalue weighted by molar-refractivity contribution is 5.85. The van der Waals surface area contributed by atoms with Gasteiger partial charge in [-0.1, -0.05) is 18.2 Å². The number of hydrogen-bond acceptors (Lipinski definition) is 3. The number of para-hydroxylation sites is 1. The first kappa shape index (κ1) is 14.8. The van der Waals surface area contributed by atoms with Crippen LogP contribution in [0.1, 0.15) is 24.8 Å². The topological polar surface area (TPSA) is 64.4 Å². The Morgan fingerprint density at radius 3 is 2.72 bits per heavy atom. The molecule has 18 heavy (non-hydrogen) atoms. The lowest BCUT2D eigenvalue weighted by Gasteiger charge is -2.27. The highest BCUT2D eigenvalue weighted by atomic mass is 35.5. The molecule has 2 rings (SSSR count). The highest BCUT2D eigenvalue weighted by Crippen LogP contribution is 2.27. The molecule has 0 unspecified atom stereocenters. The average molecular weight is 271 g/mol. The van der Waals surface area contributed by atoms with Gasteiger partial charge < -0.3 is 15.8 Å². The molecular formula is C13H19ClN2O2. The van der Waals surface area contributed by atoms with Gasteiger partial charge in [-0.15, -0.1) is 12.4 Å². The van der Waals surface area contributed by atoms with Crippen LogP contribution in [0, 0.1) is 0 Å². The monoisotopic (exact) mass is 270 g/mol. The highest BCUT2D eigenvalue weighted by Gasteiger charge is 2.20. The van der Waals surface area contributed by atoms with E-state index in [0.717, 1.165) is 24.2 Å². The normalized spacial score (nSPS) is 14.3. The maximum Gasteiger partial charge on any atom is 0.234 e. The molecule has 1 aliphatic rings. The Morgan fingerprint density at radius 1 is 1.39 bits per heavy atom. The lowest BCUT2D eigenvalue weighted by molar-refractivity contribution is -0.119. The third kappa shape index (κ3) is 3.89. The van der Waals surface area contributed by atoms with Gasteiger partial charge in [0, 0.05) is 12.1 Å². The van der Waals surface area contributed by atoms with E-state index in [1.54, 1.807) is 0 Å². The third-order valence-corrected chi connectivity index (χ3v) is 2.98. The first-order valence-corrected chi connectivity index (χ1v) is 6.01. The first-order valence-electron chi connectivity index (χ1n) is 6.01. The predicted molar refractivity (Wildman–Crippen MR) is 72.9 cm³/mol. The van der Waals surface area contributed by atoms with Crippen LogP contribution in [-0.4, -0.2) is 18.6 Å². The lowest BCUT2D eigenvalue weighted by Crippen LogP contribution is -2.30. The molecule has 0 radical (unpaired) electrons. The van der Waals surface area contributed by atoms with Gasteiger partial charge in [0.2, 0.25) is 5.91 Å². The summed E-state index contributed by atoms with van der Waals surface area (Å²) in [7, 11) is 0. The van der Waals surface area contributed by atoms with Gasteiger partial charge in [0.1, 0.15) is 5.75 Å². The van der Waals surface area contributed by atoms with Crippen LogP contribution in [0.4, 0.5) is 0 Å². The van der Waals surface area contributed by atoms with Crippen molar-refractivity contribution in [3.8, 4) is 5.75 Å². The van der Waals surface area contributed by atoms with E-state index >= 15 is 0 Å². The Kier molecular flexibility index (Phi) is 5.95. The van der Waals surface area contributed by atoms with Gasteiger partial charge in [0.05, 0.1) is 12.6 Å². The summed E-state index contributed by atoms with van der Waals surface area (Å²) in [6.45, 7) is 0.491. The van der Waals surface area contributed by atoms with Crippen molar-refractivity contribution in [3.63, 3.8) is 0 Å². The number of carbonyl (C=O) groups is 1. The van der Waals surface area contributed by atoms with Crippen LogP contribution >= 0.6 is 12.4 Å². The summed E-state index contributed by atoms with van der Waals surface area (Å²) in [6, 6.07) is 7.80. The zero-order valence-corrected chi connectivity index (χ0v) is 11.0. The molecule has 4 nitrogen and oxygen atoms in total. The first-order chi connectivity index (χ1) is 8.29. The SMILES string of the molecule is Cl.NCC(=O)NCc1ccccc1OC1CCC1. The molecule has 1 aromatic carbocycles. The Bertz CT molecular complexity index is 394. The van der Waals surface area contributed by atoms with Gasteiger partial charge in [-0.25, -0.2) is 0 Å². The summed E-state index contributed by atoms with van der Waals surface area (Å²) in [4.78, 5) is 11.1. The van der Waals surface area contributed by atoms with Gasteiger partial charge in [0.25, 0.3) is 0 Å². The van der Waals surface area contributed by atoms with Gasteiger partial charge in [0.15, 0.2) is 0 Å². The van der Waals surface area contributed by atoms with Crippen LogP contribution in [0.5, 0.6) is 5.75 Å². The fourth-order valence-electron chi connectivity index (χ4n) is 1.70. The van der Waals surface area contributed by atoms with Crippen molar-refractivity contribution in [2.75, 3.05) is 6.54 Å². The van der Waals surface area contributed by atoms with Crippen molar-refractivity contribution in [2.24, 2.45) is 5.73 Å². The maximum atomic E-state index is 11.1. The minimum absolute atomic E-state index is 0. The molecule has 3 N–H and O–H groups in total. The molecule has 1 aromatic rings. The number of nitrogens with one attached hydrogen (secondary N) is 1. The molecule has 0 atom stereocenters. The zero-order chi connectivity index (χ0) is 12.1. The van der Waals surface area contributed by atoms with Gasteiger partial charge in [-0.3, -0.25) is 4.79 Å². The minimum Gasteiger partial charge on any atom is -0.490 e. The number of carbonyl (C=O) groups excluding carboxylic acids is 1. The summed E-state index contributed by atoms with van der Waals surface area (Å²) in [6.07, 6.45) is 3.85. The number of amides is 1. The summed E-state index contributed by atoms with van der Waals surface area (Å²) < 4.78 is 5.86.